The van der Waals surface area contributed by atoms with Gasteiger partial charge in [-0.1, -0.05) is 12.1 Å². The molecule has 2 saturated heterocycles. The van der Waals surface area contributed by atoms with Gasteiger partial charge in [0.05, 0.1) is 11.5 Å². The Balaban J connectivity index is 1.58. The largest absolute Gasteiger partial charge is 0.416 e. The molecule has 0 aromatic heterocycles. The molecule has 2 aliphatic heterocycles. The van der Waals surface area contributed by atoms with Crippen LogP contribution in [0.15, 0.2) is 24.3 Å². The first kappa shape index (κ1) is 19.7. The molecule has 3 unspecified atom stereocenters. The van der Waals surface area contributed by atoms with E-state index in [1.165, 1.54) is 11.0 Å². The Morgan fingerprint density at radius 2 is 2.15 bits per heavy atom. The Bertz CT molecular complexity index is 708. The third kappa shape index (κ3) is 5.00. The minimum Gasteiger partial charge on any atom is -0.353 e. The zero-order valence-corrected chi connectivity index (χ0v) is 15.2. The van der Waals surface area contributed by atoms with Crippen LogP contribution in [-0.4, -0.2) is 41.9 Å². The van der Waals surface area contributed by atoms with Gasteiger partial charge in [0, 0.05) is 31.6 Å². The molecule has 5 nitrogen and oxygen atoms in total. The first-order valence-corrected chi connectivity index (χ1v) is 9.20. The number of hydrogen-bond donors (Lipinski definition) is 2. The third-order valence-corrected chi connectivity index (χ3v) is 5.18. The van der Waals surface area contributed by atoms with Gasteiger partial charge in [0.25, 0.3) is 0 Å². The van der Waals surface area contributed by atoms with E-state index >= 15 is 0 Å². The van der Waals surface area contributed by atoms with Crippen molar-refractivity contribution in [1.29, 1.82) is 0 Å². The van der Waals surface area contributed by atoms with Crippen LogP contribution in [0.4, 0.5) is 13.2 Å². The Hall–Kier alpha value is -2.09. The van der Waals surface area contributed by atoms with E-state index in [0.717, 1.165) is 31.5 Å². The zero-order valence-electron chi connectivity index (χ0n) is 15.2. The van der Waals surface area contributed by atoms with E-state index in [1.807, 2.05) is 0 Å². The van der Waals surface area contributed by atoms with E-state index < -0.39 is 17.7 Å². The number of nitrogens with one attached hydrogen (secondary N) is 2. The maximum Gasteiger partial charge on any atom is 0.416 e. The molecule has 27 heavy (non-hydrogen) atoms. The van der Waals surface area contributed by atoms with Crippen molar-refractivity contribution in [2.24, 2.45) is 5.92 Å². The summed E-state index contributed by atoms with van der Waals surface area (Å²) in [6, 6.07) is 5.39. The molecule has 3 rings (SSSR count). The number of halogens is 3. The standard InChI is InChI=1S/C19H24F3N3O2/c1-12-7-16(5-6-23-12)24-18(27)14-9-17(26)25(11-14)10-13-3-2-4-15(8-13)19(20,21)22/h2-4,8,12,14,16,23H,5-7,9-11H2,1H3,(H,24,27). The lowest BCUT2D eigenvalue weighted by Crippen LogP contribution is -2.48. The van der Waals surface area contributed by atoms with Crippen molar-refractivity contribution >= 4 is 11.8 Å². The van der Waals surface area contributed by atoms with Crippen LogP contribution in [0, 0.1) is 5.92 Å². The molecule has 2 N–H and O–H groups in total. The minimum absolute atomic E-state index is 0.0803. The summed E-state index contributed by atoms with van der Waals surface area (Å²) in [7, 11) is 0. The Morgan fingerprint density at radius 1 is 1.37 bits per heavy atom. The predicted molar refractivity (Wildman–Crippen MR) is 93.6 cm³/mol. The fraction of sp³-hybridized carbons (Fsp3) is 0.579. The molecule has 148 valence electrons. The maximum atomic E-state index is 12.8. The van der Waals surface area contributed by atoms with Crippen LogP contribution >= 0.6 is 0 Å². The van der Waals surface area contributed by atoms with Gasteiger partial charge in [-0.15, -0.1) is 0 Å². The Morgan fingerprint density at radius 3 is 2.85 bits per heavy atom. The maximum absolute atomic E-state index is 12.8. The van der Waals surface area contributed by atoms with Crippen molar-refractivity contribution in [3.63, 3.8) is 0 Å². The first-order valence-electron chi connectivity index (χ1n) is 9.20. The average molecular weight is 383 g/mol. The summed E-state index contributed by atoms with van der Waals surface area (Å²) in [6.45, 7) is 3.23. The lowest BCUT2D eigenvalue weighted by molar-refractivity contribution is -0.137. The number of alkyl halides is 3. The summed E-state index contributed by atoms with van der Waals surface area (Å²) < 4.78 is 38.5. The van der Waals surface area contributed by atoms with E-state index in [2.05, 4.69) is 17.6 Å². The number of carbonyl (C=O) groups excluding carboxylic acids is 2. The van der Waals surface area contributed by atoms with Crippen LogP contribution in [-0.2, 0) is 22.3 Å². The molecule has 0 aliphatic carbocycles. The number of likely N-dealkylation sites (tertiary alicyclic amines) is 1. The molecule has 0 bridgehead atoms. The molecular formula is C19H24F3N3O2. The Labute approximate surface area is 156 Å². The first-order chi connectivity index (χ1) is 12.7. The van der Waals surface area contributed by atoms with Crippen LogP contribution in [0.1, 0.15) is 37.3 Å². The van der Waals surface area contributed by atoms with E-state index in [4.69, 9.17) is 0 Å². The molecule has 2 fully saturated rings. The molecule has 1 aromatic carbocycles. The van der Waals surface area contributed by atoms with E-state index in [-0.39, 0.29) is 37.4 Å². The molecule has 0 radical (unpaired) electrons. The second-order valence-corrected chi connectivity index (χ2v) is 7.46. The molecule has 3 atom stereocenters. The van der Waals surface area contributed by atoms with Gasteiger partial charge in [-0.05, 0) is 44.0 Å². The van der Waals surface area contributed by atoms with Crippen LogP contribution in [0.2, 0.25) is 0 Å². The highest BCUT2D eigenvalue weighted by molar-refractivity contribution is 5.89. The Kier molecular flexibility index (Phi) is 5.74. The minimum atomic E-state index is -4.42. The highest BCUT2D eigenvalue weighted by atomic mass is 19.4. The molecule has 2 aliphatic rings. The summed E-state index contributed by atoms with van der Waals surface area (Å²) in [5.74, 6) is -0.797. The number of carbonyl (C=O) groups is 2. The second kappa shape index (κ2) is 7.88. The monoisotopic (exact) mass is 383 g/mol. The van der Waals surface area contributed by atoms with E-state index in [9.17, 15) is 22.8 Å². The summed E-state index contributed by atoms with van der Waals surface area (Å²) in [4.78, 5) is 26.2. The van der Waals surface area contributed by atoms with Gasteiger partial charge in [-0.25, -0.2) is 0 Å². The van der Waals surface area contributed by atoms with Gasteiger partial charge in [0.1, 0.15) is 0 Å². The number of benzene rings is 1. The van der Waals surface area contributed by atoms with Gasteiger partial charge >= 0.3 is 6.18 Å². The van der Waals surface area contributed by atoms with Gasteiger partial charge in [0.2, 0.25) is 11.8 Å². The van der Waals surface area contributed by atoms with E-state index in [1.54, 1.807) is 6.07 Å². The van der Waals surface area contributed by atoms with Crippen LogP contribution < -0.4 is 10.6 Å². The van der Waals surface area contributed by atoms with Crippen molar-refractivity contribution in [2.75, 3.05) is 13.1 Å². The van der Waals surface area contributed by atoms with Gasteiger partial charge < -0.3 is 15.5 Å². The number of piperidine rings is 1. The fourth-order valence-electron chi connectivity index (χ4n) is 3.75. The topological polar surface area (TPSA) is 61.4 Å². The summed E-state index contributed by atoms with van der Waals surface area (Å²) in [6.07, 6.45) is -2.62. The average Bonchev–Trinajstić information content (AvgIpc) is 2.95. The number of hydrogen-bond acceptors (Lipinski definition) is 3. The molecule has 2 heterocycles. The smallest absolute Gasteiger partial charge is 0.353 e. The fourth-order valence-corrected chi connectivity index (χ4v) is 3.75. The van der Waals surface area contributed by atoms with Gasteiger partial charge in [-0.3, -0.25) is 9.59 Å². The molecule has 8 heteroatoms. The van der Waals surface area contributed by atoms with Crippen molar-refractivity contribution in [2.45, 2.75) is 51.0 Å². The van der Waals surface area contributed by atoms with Gasteiger partial charge in [-0.2, -0.15) is 13.2 Å². The highest BCUT2D eigenvalue weighted by Gasteiger charge is 2.36. The van der Waals surface area contributed by atoms with Crippen LogP contribution in [0.3, 0.4) is 0 Å². The van der Waals surface area contributed by atoms with Crippen LogP contribution in [0.5, 0.6) is 0 Å². The SMILES string of the molecule is CC1CC(NC(=O)C2CC(=O)N(Cc3cccc(C(F)(F)F)c3)C2)CCN1. The second-order valence-electron chi connectivity index (χ2n) is 7.46. The normalized spacial score (nSPS) is 26.3. The zero-order chi connectivity index (χ0) is 19.6. The summed E-state index contributed by atoms with van der Waals surface area (Å²) >= 11 is 0. The molecular weight excluding hydrogens is 359 g/mol. The number of rotatable bonds is 4. The lowest BCUT2D eigenvalue weighted by atomic mass is 9.99. The van der Waals surface area contributed by atoms with Crippen molar-refractivity contribution in [3.05, 3.63) is 35.4 Å². The van der Waals surface area contributed by atoms with Crippen molar-refractivity contribution in [3.8, 4) is 0 Å². The third-order valence-electron chi connectivity index (χ3n) is 5.18. The van der Waals surface area contributed by atoms with E-state index in [0.29, 0.717) is 11.6 Å². The lowest BCUT2D eigenvalue weighted by Gasteiger charge is -2.29. The molecule has 1 aromatic rings. The summed E-state index contributed by atoms with van der Waals surface area (Å²) in [5, 5.41) is 6.34. The predicted octanol–water partition coefficient (Wildman–Crippen LogP) is 2.31. The molecule has 0 saturated carbocycles. The molecule has 2 amide bonds. The summed E-state index contributed by atoms with van der Waals surface area (Å²) in [5.41, 5.74) is -0.327. The number of amides is 2. The van der Waals surface area contributed by atoms with Crippen molar-refractivity contribution in [1.82, 2.24) is 15.5 Å². The van der Waals surface area contributed by atoms with Crippen LogP contribution in [0.25, 0.3) is 0 Å². The van der Waals surface area contributed by atoms with Gasteiger partial charge in [0.15, 0.2) is 0 Å². The van der Waals surface area contributed by atoms with Crippen molar-refractivity contribution < 1.29 is 22.8 Å². The molecule has 0 spiro atoms. The quantitative estimate of drug-likeness (QED) is 0.839. The highest BCUT2D eigenvalue weighted by Crippen LogP contribution is 2.30. The number of nitrogens with zero attached hydrogens (tertiary/aromatic N) is 1.